The highest BCUT2D eigenvalue weighted by Gasteiger charge is 2.38. The maximum Gasteiger partial charge on any atom is 0.233 e. The highest BCUT2D eigenvalue weighted by atomic mass is 16.2. The zero-order chi connectivity index (χ0) is 16.5. The van der Waals surface area contributed by atoms with Gasteiger partial charge in [0, 0.05) is 57.0 Å². The molecule has 0 unspecified atom stereocenters. The molecule has 7 nitrogen and oxygen atoms in total. The van der Waals surface area contributed by atoms with Crippen LogP contribution in [0.5, 0.6) is 0 Å². The fourth-order valence-corrected chi connectivity index (χ4v) is 3.26. The molecule has 0 aromatic carbocycles. The second-order valence-corrected chi connectivity index (χ2v) is 5.99. The van der Waals surface area contributed by atoms with Gasteiger partial charge in [0.05, 0.1) is 11.7 Å². The fraction of sp³-hybridized carbons (Fsp3) is 0.294. The summed E-state index contributed by atoms with van der Waals surface area (Å²) in [7, 11) is 1.84. The molecule has 4 rings (SSSR count). The first-order valence-electron chi connectivity index (χ1n) is 7.90. The number of fused-ring (bicyclic) bond motifs is 1. The summed E-state index contributed by atoms with van der Waals surface area (Å²) < 4.78 is 1.89. The minimum atomic E-state index is -0.0126. The van der Waals surface area contributed by atoms with Crippen LogP contribution in [0.4, 0.5) is 0 Å². The highest BCUT2D eigenvalue weighted by Crippen LogP contribution is 2.31. The van der Waals surface area contributed by atoms with Gasteiger partial charge in [-0.15, -0.1) is 0 Å². The number of carbonyl (C=O) groups excluding carboxylic acids is 1. The van der Waals surface area contributed by atoms with Crippen molar-refractivity contribution in [2.75, 3.05) is 7.05 Å². The lowest BCUT2D eigenvalue weighted by atomic mass is 10.0. The van der Waals surface area contributed by atoms with Gasteiger partial charge in [0.25, 0.3) is 0 Å². The highest BCUT2D eigenvalue weighted by molar-refractivity contribution is 5.80. The maximum absolute atomic E-state index is 12.2. The number of nitrogens with zero attached hydrogens (tertiary/aromatic N) is 5. The zero-order valence-corrected chi connectivity index (χ0v) is 13.3. The predicted molar refractivity (Wildman–Crippen MR) is 88.0 cm³/mol. The lowest BCUT2D eigenvalue weighted by Crippen LogP contribution is -2.34. The van der Waals surface area contributed by atoms with Crippen molar-refractivity contribution >= 4 is 11.7 Å². The van der Waals surface area contributed by atoms with Crippen molar-refractivity contribution < 1.29 is 4.79 Å². The lowest BCUT2D eigenvalue weighted by molar-refractivity contribution is -0.127. The molecule has 0 spiro atoms. The van der Waals surface area contributed by atoms with Crippen molar-refractivity contribution in [2.45, 2.75) is 25.0 Å². The molecule has 24 heavy (non-hydrogen) atoms. The van der Waals surface area contributed by atoms with Crippen LogP contribution < -0.4 is 5.32 Å². The largest absolute Gasteiger partial charge is 0.337 e. The Morgan fingerprint density at radius 2 is 2.25 bits per heavy atom. The van der Waals surface area contributed by atoms with E-state index in [1.165, 1.54) is 0 Å². The molecule has 2 atom stereocenters. The number of hydrogen-bond donors (Lipinski definition) is 1. The van der Waals surface area contributed by atoms with E-state index in [0.717, 1.165) is 11.3 Å². The average molecular weight is 322 g/mol. The lowest BCUT2D eigenvalue weighted by Gasteiger charge is -2.25. The van der Waals surface area contributed by atoms with Crippen molar-refractivity contribution in [1.29, 1.82) is 0 Å². The summed E-state index contributed by atoms with van der Waals surface area (Å²) >= 11 is 0. The van der Waals surface area contributed by atoms with Crippen LogP contribution in [0.1, 0.15) is 23.7 Å². The number of nitrogens with one attached hydrogen (secondary N) is 1. The number of likely N-dealkylation sites (tertiary alicyclic amines) is 1. The first-order valence-corrected chi connectivity index (χ1v) is 7.90. The molecule has 3 aromatic rings. The molecule has 1 N–H and O–H groups in total. The van der Waals surface area contributed by atoms with Crippen LogP contribution in [0.3, 0.4) is 0 Å². The maximum atomic E-state index is 12.2. The van der Waals surface area contributed by atoms with Crippen LogP contribution in [0, 0.1) is 0 Å². The van der Waals surface area contributed by atoms with E-state index in [9.17, 15) is 4.79 Å². The van der Waals surface area contributed by atoms with Crippen LogP contribution >= 0.6 is 0 Å². The standard InChI is InChI=1S/C17H18N6O/c1-22-15(24)8-14(16(22)12-4-2-5-18-9-12)20-10-13-11-23-7-3-6-19-17(23)21-13/h2-7,9,11,14,16,20H,8,10H2,1H3/t14-,16+/m1/s1. The molecular weight excluding hydrogens is 304 g/mol. The first-order chi connectivity index (χ1) is 11.7. The van der Waals surface area contributed by atoms with E-state index in [1.54, 1.807) is 17.3 Å². The Hall–Kier alpha value is -2.80. The quantitative estimate of drug-likeness (QED) is 0.781. The van der Waals surface area contributed by atoms with Gasteiger partial charge in [0.2, 0.25) is 11.7 Å². The summed E-state index contributed by atoms with van der Waals surface area (Å²) in [5.74, 6) is 0.816. The number of aromatic nitrogens is 4. The van der Waals surface area contributed by atoms with Gasteiger partial charge in [0.15, 0.2) is 0 Å². The Morgan fingerprint density at radius 1 is 1.33 bits per heavy atom. The van der Waals surface area contributed by atoms with Crippen LogP contribution in [-0.4, -0.2) is 43.2 Å². The van der Waals surface area contributed by atoms with Crippen LogP contribution in [0.15, 0.2) is 49.2 Å². The molecule has 1 aliphatic rings. The SMILES string of the molecule is CN1C(=O)C[C@@H](NCc2cn3cccnc3n2)[C@@H]1c1cccnc1. The van der Waals surface area contributed by atoms with E-state index in [0.29, 0.717) is 18.7 Å². The third kappa shape index (κ3) is 2.63. The van der Waals surface area contributed by atoms with Crippen LogP contribution in [0.25, 0.3) is 5.78 Å². The number of imidazole rings is 1. The fourth-order valence-electron chi connectivity index (χ4n) is 3.26. The van der Waals surface area contributed by atoms with Gasteiger partial charge in [-0.1, -0.05) is 6.07 Å². The monoisotopic (exact) mass is 322 g/mol. The number of likely N-dealkylation sites (N-methyl/N-ethyl adjacent to an activating group) is 1. The van der Waals surface area contributed by atoms with E-state index in [-0.39, 0.29) is 18.0 Å². The second kappa shape index (κ2) is 6.01. The Kier molecular flexibility index (Phi) is 3.70. The smallest absolute Gasteiger partial charge is 0.233 e. The van der Waals surface area contributed by atoms with E-state index in [1.807, 2.05) is 48.2 Å². The molecule has 1 aliphatic heterocycles. The number of rotatable bonds is 4. The number of carbonyl (C=O) groups is 1. The number of hydrogen-bond acceptors (Lipinski definition) is 5. The van der Waals surface area contributed by atoms with Gasteiger partial charge in [-0.05, 0) is 17.7 Å². The molecule has 0 saturated carbocycles. The Labute approximate surface area is 139 Å². The van der Waals surface area contributed by atoms with Crippen molar-refractivity contribution in [3.05, 3.63) is 60.4 Å². The van der Waals surface area contributed by atoms with E-state index >= 15 is 0 Å². The van der Waals surface area contributed by atoms with Gasteiger partial charge < -0.3 is 10.2 Å². The van der Waals surface area contributed by atoms with E-state index in [2.05, 4.69) is 20.3 Å². The second-order valence-electron chi connectivity index (χ2n) is 5.99. The summed E-state index contributed by atoms with van der Waals surface area (Å²) in [6.07, 6.45) is 9.64. The zero-order valence-electron chi connectivity index (χ0n) is 13.3. The molecule has 122 valence electrons. The van der Waals surface area contributed by atoms with Gasteiger partial charge in [-0.25, -0.2) is 9.97 Å². The van der Waals surface area contributed by atoms with Crippen molar-refractivity contribution in [2.24, 2.45) is 0 Å². The minimum Gasteiger partial charge on any atom is -0.337 e. The Morgan fingerprint density at radius 3 is 3.04 bits per heavy atom. The van der Waals surface area contributed by atoms with Crippen LogP contribution in [-0.2, 0) is 11.3 Å². The molecular formula is C17H18N6O. The van der Waals surface area contributed by atoms with Crippen molar-refractivity contribution in [3.8, 4) is 0 Å². The van der Waals surface area contributed by atoms with E-state index in [4.69, 9.17) is 0 Å². The number of pyridine rings is 1. The van der Waals surface area contributed by atoms with Crippen LogP contribution in [0.2, 0.25) is 0 Å². The third-order valence-electron chi connectivity index (χ3n) is 4.44. The summed E-state index contributed by atoms with van der Waals surface area (Å²) in [6, 6.07) is 5.80. The molecule has 3 aromatic heterocycles. The van der Waals surface area contributed by atoms with Gasteiger partial charge in [-0.2, -0.15) is 0 Å². The molecule has 1 amide bonds. The Bertz CT molecular complexity index is 829. The van der Waals surface area contributed by atoms with Gasteiger partial charge in [-0.3, -0.25) is 14.2 Å². The molecule has 4 heterocycles. The van der Waals surface area contributed by atoms with Gasteiger partial charge >= 0.3 is 0 Å². The average Bonchev–Trinajstić information content (AvgIpc) is 3.15. The molecule has 0 radical (unpaired) electrons. The van der Waals surface area contributed by atoms with Crippen molar-refractivity contribution in [1.82, 2.24) is 29.6 Å². The van der Waals surface area contributed by atoms with Crippen molar-refractivity contribution in [3.63, 3.8) is 0 Å². The normalized spacial score (nSPS) is 20.9. The molecule has 0 aliphatic carbocycles. The minimum absolute atomic E-state index is 0.0126. The topological polar surface area (TPSA) is 75.4 Å². The summed E-state index contributed by atoms with van der Waals surface area (Å²) in [5, 5.41) is 3.47. The summed E-state index contributed by atoms with van der Waals surface area (Å²) in [5.41, 5.74) is 1.95. The molecule has 1 saturated heterocycles. The van der Waals surface area contributed by atoms with Gasteiger partial charge in [0.1, 0.15) is 0 Å². The summed E-state index contributed by atoms with van der Waals surface area (Å²) in [6.45, 7) is 0.589. The Balaban J connectivity index is 1.53. The third-order valence-corrected chi connectivity index (χ3v) is 4.44. The number of amides is 1. The summed E-state index contributed by atoms with van der Waals surface area (Å²) in [4.78, 5) is 26.8. The predicted octanol–water partition coefficient (Wildman–Crippen LogP) is 1.19. The molecule has 0 bridgehead atoms. The van der Waals surface area contributed by atoms with E-state index < -0.39 is 0 Å². The first kappa shape index (κ1) is 14.8. The molecule has 7 heteroatoms. The molecule has 1 fully saturated rings.